The van der Waals surface area contributed by atoms with E-state index in [1.165, 1.54) is 21.2 Å². The summed E-state index contributed by atoms with van der Waals surface area (Å²) in [5.74, 6) is 0. The highest BCUT2D eigenvalue weighted by Crippen LogP contribution is 2.33. The second kappa shape index (κ2) is 5.86. The van der Waals surface area contributed by atoms with Gasteiger partial charge in [-0.15, -0.1) is 11.3 Å². The van der Waals surface area contributed by atoms with Gasteiger partial charge in [0.25, 0.3) is 0 Å². The third kappa shape index (κ3) is 2.71. The molecule has 0 aliphatic carbocycles. The first-order valence-electron chi connectivity index (χ1n) is 7.55. The molecule has 2 aromatic carbocycles. The third-order valence-corrected chi connectivity index (χ3v) is 4.94. The predicted octanol–water partition coefficient (Wildman–Crippen LogP) is 5.55. The van der Waals surface area contributed by atoms with Crippen molar-refractivity contribution in [3.8, 4) is 11.3 Å². The molecule has 4 aromatic rings. The summed E-state index contributed by atoms with van der Waals surface area (Å²) in [5, 5.41) is 11.1. The zero-order valence-electron chi connectivity index (χ0n) is 12.6. The van der Waals surface area contributed by atoms with Gasteiger partial charge in [-0.25, -0.2) is 0 Å². The standard InChI is InChI=1S/C20H16N2S/c1-14(11-15-7-3-2-4-8-15)18-12-19(22-21-18)17-13-23-20-10-6-5-9-16(17)20/h2-10,12-13H,1,11H2,(H,21,22). The molecule has 0 saturated heterocycles. The van der Waals surface area contributed by atoms with Gasteiger partial charge in [-0.1, -0.05) is 55.1 Å². The van der Waals surface area contributed by atoms with Crippen LogP contribution in [0.1, 0.15) is 11.3 Å². The number of H-pyrrole nitrogens is 1. The van der Waals surface area contributed by atoms with Crippen molar-refractivity contribution in [3.63, 3.8) is 0 Å². The maximum absolute atomic E-state index is 4.46. The highest BCUT2D eigenvalue weighted by Gasteiger charge is 2.11. The smallest absolute Gasteiger partial charge is 0.0884 e. The topological polar surface area (TPSA) is 28.7 Å². The second-order valence-corrected chi connectivity index (χ2v) is 6.49. The van der Waals surface area contributed by atoms with E-state index in [-0.39, 0.29) is 0 Å². The first-order valence-corrected chi connectivity index (χ1v) is 8.43. The van der Waals surface area contributed by atoms with Crippen molar-refractivity contribution in [2.75, 3.05) is 0 Å². The van der Waals surface area contributed by atoms with Gasteiger partial charge in [-0.3, -0.25) is 5.10 Å². The minimum Gasteiger partial charge on any atom is -0.277 e. The number of aromatic nitrogens is 2. The quantitative estimate of drug-likeness (QED) is 0.525. The first-order chi connectivity index (χ1) is 11.3. The van der Waals surface area contributed by atoms with E-state index in [0.29, 0.717) is 0 Å². The largest absolute Gasteiger partial charge is 0.277 e. The lowest BCUT2D eigenvalue weighted by Gasteiger charge is -2.01. The zero-order valence-corrected chi connectivity index (χ0v) is 13.4. The Morgan fingerprint density at radius 3 is 2.70 bits per heavy atom. The van der Waals surface area contributed by atoms with E-state index < -0.39 is 0 Å². The second-order valence-electron chi connectivity index (χ2n) is 5.58. The molecule has 2 heterocycles. The summed E-state index contributed by atoms with van der Waals surface area (Å²) >= 11 is 1.76. The number of fused-ring (bicyclic) bond motifs is 1. The lowest BCUT2D eigenvalue weighted by Crippen LogP contribution is -1.89. The van der Waals surface area contributed by atoms with Crippen LogP contribution in [-0.2, 0) is 6.42 Å². The monoisotopic (exact) mass is 316 g/mol. The molecular formula is C20H16N2S. The summed E-state index contributed by atoms with van der Waals surface area (Å²) in [6.45, 7) is 4.20. The molecule has 112 valence electrons. The van der Waals surface area contributed by atoms with Gasteiger partial charge < -0.3 is 0 Å². The van der Waals surface area contributed by atoms with Gasteiger partial charge in [0.1, 0.15) is 0 Å². The van der Waals surface area contributed by atoms with E-state index in [2.05, 4.69) is 76.8 Å². The van der Waals surface area contributed by atoms with Crippen molar-refractivity contribution in [2.45, 2.75) is 6.42 Å². The number of nitrogens with one attached hydrogen (secondary N) is 1. The summed E-state index contributed by atoms with van der Waals surface area (Å²) in [7, 11) is 0. The molecule has 1 N–H and O–H groups in total. The number of thiophene rings is 1. The van der Waals surface area contributed by atoms with Crippen LogP contribution in [0, 0.1) is 0 Å². The van der Waals surface area contributed by atoms with Crippen LogP contribution in [0.3, 0.4) is 0 Å². The van der Waals surface area contributed by atoms with Crippen molar-refractivity contribution in [1.29, 1.82) is 0 Å². The van der Waals surface area contributed by atoms with Crippen LogP contribution >= 0.6 is 11.3 Å². The van der Waals surface area contributed by atoms with Gasteiger partial charge in [-0.05, 0) is 29.7 Å². The molecule has 0 fully saturated rings. The van der Waals surface area contributed by atoms with Crippen LogP contribution in [0.5, 0.6) is 0 Å². The maximum atomic E-state index is 4.46. The number of benzene rings is 2. The average Bonchev–Trinajstić information content (AvgIpc) is 3.22. The molecule has 0 aliphatic heterocycles. The molecule has 23 heavy (non-hydrogen) atoms. The fourth-order valence-corrected chi connectivity index (χ4v) is 3.72. The maximum Gasteiger partial charge on any atom is 0.0884 e. The predicted molar refractivity (Wildman–Crippen MR) is 98.6 cm³/mol. The van der Waals surface area contributed by atoms with Crippen LogP contribution in [0.4, 0.5) is 0 Å². The lowest BCUT2D eigenvalue weighted by molar-refractivity contribution is 1.07. The number of rotatable bonds is 4. The number of allylic oxidation sites excluding steroid dienone is 1. The summed E-state index contributed by atoms with van der Waals surface area (Å²) in [6.07, 6.45) is 0.815. The molecule has 0 radical (unpaired) electrons. The Bertz CT molecular complexity index is 963. The fourth-order valence-electron chi connectivity index (χ4n) is 2.76. The molecule has 0 unspecified atom stereocenters. The van der Waals surface area contributed by atoms with Crippen LogP contribution < -0.4 is 0 Å². The number of hydrogen-bond acceptors (Lipinski definition) is 2. The van der Waals surface area contributed by atoms with E-state index in [1.807, 2.05) is 6.07 Å². The van der Waals surface area contributed by atoms with Crippen molar-refractivity contribution >= 4 is 27.0 Å². The molecule has 2 aromatic heterocycles. The Hall–Kier alpha value is -2.65. The van der Waals surface area contributed by atoms with E-state index >= 15 is 0 Å². The summed E-state index contributed by atoms with van der Waals surface area (Å²) in [6, 6.07) is 20.9. The molecule has 3 heteroatoms. The molecular weight excluding hydrogens is 300 g/mol. The molecule has 0 spiro atoms. The molecule has 0 bridgehead atoms. The van der Waals surface area contributed by atoms with E-state index in [1.54, 1.807) is 11.3 Å². The van der Waals surface area contributed by atoms with E-state index in [9.17, 15) is 0 Å². The molecule has 0 saturated carbocycles. The van der Waals surface area contributed by atoms with Crippen molar-refractivity contribution in [2.24, 2.45) is 0 Å². The molecule has 0 amide bonds. The molecule has 0 atom stereocenters. The zero-order chi connectivity index (χ0) is 15.6. The fraction of sp³-hybridized carbons (Fsp3) is 0.0500. The van der Waals surface area contributed by atoms with Gasteiger partial charge in [0.15, 0.2) is 0 Å². The SMILES string of the molecule is C=C(Cc1ccccc1)c1cc(-c2csc3ccccc23)[nH]n1. The Morgan fingerprint density at radius 2 is 1.83 bits per heavy atom. The van der Waals surface area contributed by atoms with Crippen LogP contribution in [-0.4, -0.2) is 10.2 Å². The van der Waals surface area contributed by atoms with Crippen molar-refractivity contribution in [3.05, 3.63) is 83.9 Å². The highest BCUT2D eigenvalue weighted by atomic mass is 32.1. The Morgan fingerprint density at radius 1 is 1.04 bits per heavy atom. The van der Waals surface area contributed by atoms with Gasteiger partial charge in [0.05, 0.1) is 11.4 Å². The van der Waals surface area contributed by atoms with Crippen LogP contribution in [0.2, 0.25) is 0 Å². The van der Waals surface area contributed by atoms with E-state index in [0.717, 1.165) is 23.4 Å². The minimum absolute atomic E-state index is 0.815. The summed E-state index contributed by atoms with van der Waals surface area (Å²) < 4.78 is 1.29. The normalized spacial score (nSPS) is 11.0. The van der Waals surface area contributed by atoms with Crippen LogP contribution in [0.25, 0.3) is 26.9 Å². The highest BCUT2D eigenvalue weighted by molar-refractivity contribution is 7.17. The molecule has 4 rings (SSSR count). The van der Waals surface area contributed by atoms with Gasteiger partial charge in [0, 0.05) is 21.0 Å². The van der Waals surface area contributed by atoms with Crippen molar-refractivity contribution in [1.82, 2.24) is 10.2 Å². The minimum atomic E-state index is 0.815. The van der Waals surface area contributed by atoms with E-state index in [4.69, 9.17) is 0 Å². The number of nitrogens with zero attached hydrogens (tertiary/aromatic N) is 1. The average molecular weight is 316 g/mol. The Balaban J connectivity index is 1.63. The molecule has 2 nitrogen and oxygen atoms in total. The van der Waals surface area contributed by atoms with Gasteiger partial charge >= 0.3 is 0 Å². The van der Waals surface area contributed by atoms with Crippen LogP contribution in [0.15, 0.2) is 72.6 Å². The Labute approximate surface area is 139 Å². The van der Waals surface area contributed by atoms with Gasteiger partial charge in [0.2, 0.25) is 0 Å². The Kier molecular flexibility index (Phi) is 3.56. The first kappa shape index (κ1) is 14.0. The summed E-state index contributed by atoms with van der Waals surface area (Å²) in [5.41, 5.74) is 5.46. The third-order valence-electron chi connectivity index (χ3n) is 3.97. The number of hydrogen-bond donors (Lipinski definition) is 1. The molecule has 0 aliphatic rings. The van der Waals surface area contributed by atoms with Crippen molar-refractivity contribution < 1.29 is 0 Å². The lowest BCUT2D eigenvalue weighted by atomic mass is 10.0. The van der Waals surface area contributed by atoms with Gasteiger partial charge in [-0.2, -0.15) is 5.10 Å². The summed E-state index contributed by atoms with van der Waals surface area (Å²) in [4.78, 5) is 0. The number of aromatic amines is 1.